The summed E-state index contributed by atoms with van der Waals surface area (Å²) < 4.78 is 0. The highest BCUT2D eigenvalue weighted by atomic mass is 32.2. The number of fused-ring (bicyclic) bond motifs is 2. The van der Waals surface area contributed by atoms with Crippen LogP contribution in [0, 0.1) is 6.92 Å². The molecule has 0 N–H and O–H groups in total. The maximum absolute atomic E-state index is 13.9. The second-order valence-electron chi connectivity index (χ2n) is 7.39. The monoisotopic (exact) mass is 400 g/mol. The van der Waals surface area contributed by atoms with Crippen molar-refractivity contribution in [2.45, 2.75) is 18.3 Å². The predicted octanol–water partition coefficient (Wildman–Crippen LogP) is 4.47. The maximum Gasteiger partial charge on any atom is 0.269 e. The van der Waals surface area contributed by atoms with Crippen LogP contribution in [0.2, 0.25) is 0 Å². The number of nitrogens with zero attached hydrogens (tertiary/aromatic N) is 2. The fourth-order valence-corrected chi connectivity index (χ4v) is 5.53. The molecule has 1 unspecified atom stereocenters. The third-order valence-corrected chi connectivity index (χ3v) is 6.93. The van der Waals surface area contributed by atoms with Gasteiger partial charge in [0.1, 0.15) is 0 Å². The van der Waals surface area contributed by atoms with E-state index < -0.39 is 4.87 Å². The number of rotatable bonds is 3. The summed E-state index contributed by atoms with van der Waals surface area (Å²) in [6.45, 7) is 2.53. The summed E-state index contributed by atoms with van der Waals surface area (Å²) in [6, 6.07) is 25.6. The molecule has 144 valence electrons. The van der Waals surface area contributed by atoms with Crippen molar-refractivity contribution in [2.24, 2.45) is 0 Å². The molecule has 3 aromatic rings. The number of anilines is 2. The molecule has 5 rings (SSSR count). The average Bonchev–Trinajstić information content (AvgIpc) is 3.21. The minimum absolute atomic E-state index is 0.0402. The molecule has 0 radical (unpaired) electrons. The zero-order valence-corrected chi connectivity index (χ0v) is 16.9. The summed E-state index contributed by atoms with van der Waals surface area (Å²) in [4.78, 5) is 29.3. The van der Waals surface area contributed by atoms with Gasteiger partial charge in [0.2, 0.25) is 10.8 Å². The van der Waals surface area contributed by atoms with E-state index in [4.69, 9.17) is 0 Å². The van der Waals surface area contributed by atoms with Crippen molar-refractivity contribution in [1.29, 1.82) is 0 Å². The standard InChI is InChI=1S/C24H20N2O2S/c1-17-11-13-18(14-12-17)15-25-21-10-6-5-9-20(21)24(23(25)28)26(22(27)16-29-24)19-7-3-2-4-8-19/h2-14H,15-16H2,1H3. The molecular formula is C24H20N2O2S. The van der Waals surface area contributed by atoms with Gasteiger partial charge in [0.05, 0.1) is 18.0 Å². The minimum Gasteiger partial charge on any atom is -0.304 e. The highest BCUT2D eigenvalue weighted by Gasteiger charge is 2.60. The predicted molar refractivity (Wildman–Crippen MR) is 117 cm³/mol. The molecule has 0 aliphatic carbocycles. The third-order valence-electron chi connectivity index (χ3n) is 5.54. The van der Waals surface area contributed by atoms with Crippen LogP contribution in [0.25, 0.3) is 0 Å². The number of amides is 2. The molecule has 4 nitrogen and oxygen atoms in total. The number of carbonyl (C=O) groups excluding carboxylic acids is 2. The van der Waals surface area contributed by atoms with Crippen molar-refractivity contribution >= 4 is 35.0 Å². The molecule has 2 heterocycles. The summed E-state index contributed by atoms with van der Waals surface area (Å²) in [5.41, 5.74) is 4.77. The molecule has 2 amide bonds. The maximum atomic E-state index is 13.9. The quantitative estimate of drug-likeness (QED) is 0.651. The molecule has 0 saturated carbocycles. The molecule has 3 aromatic carbocycles. The van der Waals surface area contributed by atoms with Gasteiger partial charge in [-0.25, -0.2) is 0 Å². The number of carbonyl (C=O) groups is 2. The number of hydrogen-bond donors (Lipinski definition) is 0. The van der Waals surface area contributed by atoms with Crippen molar-refractivity contribution in [3.05, 3.63) is 95.6 Å². The third kappa shape index (κ3) is 2.69. The van der Waals surface area contributed by atoms with Gasteiger partial charge in [0, 0.05) is 11.3 Å². The van der Waals surface area contributed by atoms with Gasteiger partial charge in [-0.3, -0.25) is 14.5 Å². The molecule has 1 saturated heterocycles. The Morgan fingerprint density at radius 2 is 1.59 bits per heavy atom. The largest absolute Gasteiger partial charge is 0.304 e. The van der Waals surface area contributed by atoms with Crippen LogP contribution in [0.15, 0.2) is 78.9 Å². The van der Waals surface area contributed by atoms with Crippen molar-refractivity contribution in [1.82, 2.24) is 0 Å². The number of hydrogen-bond acceptors (Lipinski definition) is 3. The van der Waals surface area contributed by atoms with Gasteiger partial charge in [-0.05, 0) is 30.7 Å². The Kier molecular flexibility index (Phi) is 4.21. The number of aryl methyl sites for hydroxylation is 1. The van der Waals surface area contributed by atoms with E-state index in [1.54, 1.807) is 4.90 Å². The first-order chi connectivity index (χ1) is 14.1. The molecule has 2 aliphatic rings. The van der Waals surface area contributed by atoms with E-state index >= 15 is 0 Å². The first-order valence-corrected chi connectivity index (χ1v) is 10.6. The van der Waals surface area contributed by atoms with Gasteiger partial charge in [0.15, 0.2) is 0 Å². The molecule has 0 bridgehead atoms. The average molecular weight is 401 g/mol. The van der Waals surface area contributed by atoms with Crippen LogP contribution in [0.1, 0.15) is 16.7 Å². The zero-order chi connectivity index (χ0) is 20.0. The van der Waals surface area contributed by atoms with Crippen LogP contribution in [-0.4, -0.2) is 17.6 Å². The summed E-state index contributed by atoms with van der Waals surface area (Å²) >= 11 is 1.42. The van der Waals surface area contributed by atoms with Gasteiger partial charge >= 0.3 is 0 Å². The Labute approximate surface area is 174 Å². The lowest BCUT2D eigenvalue weighted by molar-refractivity contribution is -0.123. The number of para-hydroxylation sites is 2. The molecule has 29 heavy (non-hydrogen) atoms. The summed E-state index contributed by atoms with van der Waals surface area (Å²) in [5, 5.41) is 0. The lowest BCUT2D eigenvalue weighted by atomic mass is 10.0. The van der Waals surface area contributed by atoms with Crippen LogP contribution < -0.4 is 9.80 Å². The van der Waals surface area contributed by atoms with Crippen LogP contribution >= 0.6 is 11.8 Å². The van der Waals surface area contributed by atoms with Crippen LogP contribution in [-0.2, 0) is 21.0 Å². The molecule has 2 aliphatic heterocycles. The SMILES string of the molecule is Cc1ccc(CN2C(=O)C3(SCC(=O)N3c3ccccc3)c3ccccc32)cc1. The second kappa shape index (κ2) is 6.78. The summed E-state index contributed by atoms with van der Waals surface area (Å²) in [7, 11) is 0. The molecular weight excluding hydrogens is 380 g/mol. The van der Waals surface area contributed by atoms with Crippen molar-refractivity contribution in [3.63, 3.8) is 0 Å². The first kappa shape index (κ1) is 18.0. The van der Waals surface area contributed by atoms with Gasteiger partial charge in [-0.1, -0.05) is 66.2 Å². The van der Waals surface area contributed by atoms with Gasteiger partial charge in [0.25, 0.3) is 5.91 Å². The highest BCUT2D eigenvalue weighted by molar-refractivity contribution is 8.02. The summed E-state index contributed by atoms with van der Waals surface area (Å²) in [5.74, 6) is 0.188. The fourth-order valence-electron chi connectivity index (χ4n) is 4.17. The molecule has 1 fully saturated rings. The second-order valence-corrected chi connectivity index (χ2v) is 8.56. The van der Waals surface area contributed by atoms with Gasteiger partial charge in [-0.2, -0.15) is 0 Å². The smallest absolute Gasteiger partial charge is 0.269 e. The van der Waals surface area contributed by atoms with E-state index in [1.165, 1.54) is 17.3 Å². The van der Waals surface area contributed by atoms with Crippen LogP contribution in [0.4, 0.5) is 11.4 Å². The molecule has 1 atom stereocenters. The minimum atomic E-state index is -1.04. The fraction of sp³-hybridized carbons (Fsp3) is 0.167. The van der Waals surface area contributed by atoms with Crippen molar-refractivity contribution in [2.75, 3.05) is 15.6 Å². The Hall–Kier alpha value is -3.05. The first-order valence-electron chi connectivity index (χ1n) is 9.60. The van der Waals surface area contributed by atoms with Crippen molar-refractivity contribution < 1.29 is 9.59 Å². The van der Waals surface area contributed by atoms with E-state index in [0.29, 0.717) is 6.54 Å². The lowest BCUT2D eigenvalue weighted by Crippen LogP contribution is -2.49. The van der Waals surface area contributed by atoms with Crippen LogP contribution in [0.3, 0.4) is 0 Å². The Balaban J connectivity index is 1.63. The Morgan fingerprint density at radius 1 is 0.897 bits per heavy atom. The van der Waals surface area contributed by atoms with Gasteiger partial charge < -0.3 is 4.90 Å². The Bertz CT molecular complexity index is 1100. The number of benzene rings is 3. The van der Waals surface area contributed by atoms with Gasteiger partial charge in [-0.15, -0.1) is 11.8 Å². The summed E-state index contributed by atoms with van der Waals surface area (Å²) in [6.07, 6.45) is 0. The van der Waals surface area contributed by atoms with Crippen molar-refractivity contribution in [3.8, 4) is 0 Å². The van der Waals surface area contributed by atoms with E-state index in [0.717, 1.165) is 22.5 Å². The molecule has 5 heteroatoms. The number of thioether (sulfide) groups is 1. The van der Waals surface area contributed by atoms with E-state index in [2.05, 4.69) is 24.3 Å². The topological polar surface area (TPSA) is 40.6 Å². The molecule has 1 spiro atoms. The van der Waals surface area contributed by atoms with E-state index in [-0.39, 0.29) is 17.6 Å². The molecule has 0 aromatic heterocycles. The normalized spacial score (nSPS) is 20.6. The van der Waals surface area contributed by atoms with E-state index in [9.17, 15) is 9.59 Å². The lowest BCUT2D eigenvalue weighted by Gasteiger charge is -2.33. The van der Waals surface area contributed by atoms with Crippen LogP contribution in [0.5, 0.6) is 0 Å². The van der Waals surface area contributed by atoms with E-state index in [1.807, 2.05) is 66.4 Å². The highest BCUT2D eigenvalue weighted by Crippen LogP contribution is 2.55. The Morgan fingerprint density at radius 3 is 2.34 bits per heavy atom. The zero-order valence-electron chi connectivity index (χ0n) is 16.0.